The van der Waals surface area contributed by atoms with E-state index in [1.807, 2.05) is 54.9 Å². The zero-order valence-electron chi connectivity index (χ0n) is 17.4. The Labute approximate surface area is 187 Å². The monoisotopic (exact) mass is 445 g/mol. The standard InChI is InChI=1S/C23H25Cl2N3O2/c1-16-19(17(2)28(26-16)14-18-8-4-5-9-20(18)24)15-27(3)23(29)12-13-30-22-11-7-6-10-21(22)25/h4-11H,12-15H2,1-3H3. The summed E-state index contributed by atoms with van der Waals surface area (Å²) in [6, 6.07) is 15.0. The fourth-order valence-corrected chi connectivity index (χ4v) is 3.62. The predicted molar refractivity (Wildman–Crippen MR) is 120 cm³/mol. The van der Waals surface area contributed by atoms with Crippen LogP contribution in [-0.4, -0.2) is 34.2 Å². The number of nitrogens with zero attached hydrogens (tertiary/aromatic N) is 3. The minimum atomic E-state index is -0.000271. The lowest BCUT2D eigenvalue weighted by Crippen LogP contribution is -2.28. The van der Waals surface area contributed by atoms with Gasteiger partial charge in [-0.05, 0) is 37.6 Å². The summed E-state index contributed by atoms with van der Waals surface area (Å²) >= 11 is 12.4. The molecule has 0 aliphatic rings. The van der Waals surface area contributed by atoms with Crippen molar-refractivity contribution in [3.05, 3.63) is 81.1 Å². The number of para-hydroxylation sites is 1. The van der Waals surface area contributed by atoms with Crippen molar-refractivity contribution in [1.29, 1.82) is 0 Å². The molecule has 5 nitrogen and oxygen atoms in total. The molecule has 30 heavy (non-hydrogen) atoms. The van der Waals surface area contributed by atoms with Crippen molar-refractivity contribution in [3.63, 3.8) is 0 Å². The summed E-state index contributed by atoms with van der Waals surface area (Å²) in [7, 11) is 1.79. The molecule has 0 N–H and O–H groups in total. The molecule has 7 heteroatoms. The molecule has 0 radical (unpaired) electrons. The molecule has 0 saturated carbocycles. The Balaban J connectivity index is 1.60. The van der Waals surface area contributed by atoms with Crippen molar-refractivity contribution in [2.75, 3.05) is 13.7 Å². The minimum absolute atomic E-state index is 0.000271. The third-order valence-corrected chi connectivity index (χ3v) is 5.72. The highest BCUT2D eigenvalue weighted by molar-refractivity contribution is 6.32. The van der Waals surface area contributed by atoms with Gasteiger partial charge in [0.1, 0.15) is 5.75 Å². The first-order chi connectivity index (χ1) is 14.4. The number of amides is 1. The summed E-state index contributed by atoms with van der Waals surface area (Å²) in [5.41, 5.74) is 3.99. The van der Waals surface area contributed by atoms with E-state index < -0.39 is 0 Å². The molecule has 1 heterocycles. The van der Waals surface area contributed by atoms with E-state index in [1.165, 1.54) is 0 Å². The van der Waals surface area contributed by atoms with Crippen molar-refractivity contribution in [3.8, 4) is 5.75 Å². The minimum Gasteiger partial charge on any atom is -0.491 e. The fourth-order valence-electron chi connectivity index (χ4n) is 3.23. The van der Waals surface area contributed by atoms with E-state index in [0.717, 1.165) is 27.5 Å². The number of halogens is 2. The number of benzene rings is 2. The number of carbonyl (C=O) groups excluding carboxylic acids is 1. The van der Waals surface area contributed by atoms with Crippen LogP contribution in [0.3, 0.4) is 0 Å². The van der Waals surface area contributed by atoms with Crippen LogP contribution in [-0.2, 0) is 17.9 Å². The van der Waals surface area contributed by atoms with Crippen LogP contribution in [0.2, 0.25) is 10.0 Å². The van der Waals surface area contributed by atoms with Gasteiger partial charge in [0.15, 0.2) is 0 Å². The number of aromatic nitrogens is 2. The van der Waals surface area contributed by atoms with Crippen molar-refractivity contribution in [1.82, 2.24) is 14.7 Å². The molecule has 158 valence electrons. The molecule has 3 rings (SSSR count). The van der Waals surface area contributed by atoms with Gasteiger partial charge in [-0.2, -0.15) is 5.10 Å². The lowest BCUT2D eigenvalue weighted by molar-refractivity contribution is -0.130. The first-order valence-corrected chi connectivity index (χ1v) is 10.5. The molecule has 0 bridgehead atoms. The second-order valence-corrected chi connectivity index (χ2v) is 7.99. The van der Waals surface area contributed by atoms with E-state index in [1.54, 1.807) is 24.1 Å². The molecule has 0 aliphatic heterocycles. The fraction of sp³-hybridized carbons (Fsp3) is 0.304. The lowest BCUT2D eigenvalue weighted by Gasteiger charge is -2.18. The normalized spacial score (nSPS) is 10.8. The molecule has 1 amide bonds. The number of aryl methyl sites for hydroxylation is 1. The first-order valence-electron chi connectivity index (χ1n) is 9.74. The quantitative estimate of drug-likeness (QED) is 0.473. The summed E-state index contributed by atoms with van der Waals surface area (Å²) in [6.07, 6.45) is 0.271. The molecule has 0 aliphatic carbocycles. The van der Waals surface area contributed by atoms with Crippen LogP contribution in [0, 0.1) is 13.8 Å². The number of hydrogen-bond acceptors (Lipinski definition) is 3. The summed E-state index contributed by atoms with van der Waals surface area (Å²) < 4.78 is 7.56. The third kappa shape index (κ3) is 5.35. The second-order valence-electron chi connectivity index (χ2n) is 7.18. The van der Waals surface area contributed by atoms with Gasteiger partial charge in [0.25, 0.3) is 0 Å². The highest BCUT2D eigenvalue weighted by Gasteiger charge is 2.17. The molecule has 0 saturated heterocycles. The molecule has 3 aromatic rings. The van der Waals surface area contributed by atoms with E-state index in [-0.39, 0.29) is 18.9 Å². The Morgan fingerprint density at radius 2 is 1.73 bits per heavy atom. The molecule has 2 aromatic carbocycles. The first kappa shape index (κ1) is 22.2. The van der Waals surface area contributed by atoms with Crippen molar-refractivity contribution in [2.45, 2.75) is 33.4 Å². The Kier molecular flexibility index (Phi) is 7.40. The van der Waals surface area contributed by atoms with E-state index >= 15 is 0 Å². The summed E-state index contributed by atoms with van der Waals surface area (Å²) in [5.74, 6) is 0.585. The number of carbonyl (C=O) groups is 1. The van der Waals surface area contributed by atoms with E-state index in [0.29, 0.717) is 23.9 Å². The molecule has 1 aromatic heterocycles. The average molecular weight is 446 g/mol. The van der Waals surface area contributed by atoms with Gasteiger partial charge in [0.05, 0.1) is 30.3 Å². The highest BCUT2D eigenvalue weighted by Crippen LogP contribution is 2.23. The van der Waals surface area contributed by atoms with Crippen LogP contribution >= 0.6 is 23.2 Å². The Morgan fingerprint density at radius 1 is 1.07 bits per heavy atom. The molecule has 0 atom stereocenters. The van der Waals surface area contributed by atoms with Crippen LogP contribution in [0.15, 0.2) is 48.5 Å². The topological polar surface area (TPSA) is 47.4 Å². The molecule has 0 fully saturated rings. The van der Waals surface area contributed by atoms with Crippen molar-refractivity contribution >= 4 is 29.1 Å². The summed E-state index contributed by atoms with van der Waals surface area (Å²) in [4.78, 5) is 14.3. The van der Waals surface area contributed by atoms with Gasteiger partial charge >= 0.3 is 0 Å². The van der Waals surface area contributed by atoms with Gasteiger partial charge in [0, 0.05) is 29.9 Å². The molecule has 0 spiro atoms. The van der Waals surface area contributed by atoms with Gasteiger partial charge in [-0.15, -0.1) is 0 Å². The van der Waals surface area contributed by atoms with E-state index in [2.05, 4.69) is 5.10 Å². The second kappa shape index (κ2) is 10.0. The number of rotatable bonds is 8. The summed E-state index contributed by atoms with van der Waals surface area (Å²) in [6.45, 7) is 5.34. The third-order valence-electron chi connectivity index (χ3n) is 5.04. The average Bonchev–Trinajstić information content (AvgIpc) is 2.98. The smallest absolute Gasteiger partial charge is 0.226 e. The van der Waals surface area contributed by atoms with Crippen LogP contribution in [0.4, 0.5) is 0 Å². The van der Waals surface area contributed by atoms with Crippen LogP contribution < -0.4 is 4.74 Å². The van der Waals surface area contributed by atoms with Gasteiger partial charge in [0.2, 0.25) is 5.91 Å². The summed E-state index contributed by atoms with van der Waals surface area (Å²) in [5, 5.41) is 5.91. The SMILES string of the molecule is Cc1nn(Cc2ccccc2Cl)c(C)c1CN(C)C(=O)CCOc1ccccc1Cl. The van der Waals surface area contributed by atoms with Crippen LogP contribution in [0.5, 0.6) is 5.75 Å². The number of hydrogen-bond donors (Lipinski definition) is 0. The predicted octanol–water partition coefficient (Wildman–Crippen LogP) is 5.28. The maximum Gasteiger partial charge on any atom is 0.226 e. The number of ether oxygens (including phenoxy) is 1. The van der Waals surface area contributed by atoms with E-state index in [9.17, 15) is 4.79 Å². The van der Waals surface area contributed by atoms with Crippen molar-refractivity contribution < 1.29 is 9.53 Å². The van der Waals surface area contributed by atoms with Gasteiger partial charge in [-0.25, -0.2) is 0 Å². The highest BCUT2D eigenvalue weighted by atomic mass is 35.5. The molecular formula is C23H25Cl2N3O2. The van der Waals surface area contributed by atoms with Crippen LogP contribution in [0.1, 0.15) is 28.9 Å². The zero-order valence-corrected chi connectivity index (χ0v) is 18.9. The van der Waals surface area contributed by atoms with Crippen molar-refractivity contribution in [2.24, 2.45) is 0 Å². The van der Waals surface area contributed by atoms with Gasteiger partial charge in [-0.1, -0.05) is 53.5 Å². The largest absolute Gasteiger partial charge is 0.491 e. The maximum absolute atomic E-state index is 12.6. The Bertz CT molecular complexity index is 1030. The van der Waals surface area contributed by atoms with Crippen LogP contribution in [0.25, 0.3) is 0 Å². The molecule has 0 unspecified atom stereocenters. The van der Waals surface area contributed by atoms with Gasteiger partial charge in [-0.3, -0.25) is 9.48 Å². The lowest BCUT2D eigenvalue weighted by atomic mass is 10.1. The maximum atomic E-state index is 12.6. The Morgan fingerprint density at radius 3 is 2.43 bits per heavy atom. The van der Waals surface area contributed by atoms with E-state index in [4.69, 9.17) is 27.9 Å². The Hall–Kier alpha value is -2.50. The zero-order chi connectivity index (χ0) is 21.7. The molecular weight excluding hydrogens is 421 g/mol. The van der Waals surface area contributed by atoms with Gasteiger partial charge < -0.3 is 9.64 Å².